The average Bonchev–Trinajstić information content (AvgIpc) is 3.14. The van der Waals surface area contributed by atoms with E-state index in [4.69, 9.17) is 20.4 Å². The zero-order chi connectivity index (χ0) is 25.4. The smallest absolute Gasteiger partial charge is 0.387 e. The lowest BCUT2D eigenvalue weighted by Crippen LogP contribution is -2.04. The molecule has 0 aliphatic rings. The maximum atomic E-state index is 13.1. The summed E-state index contributed by atoms with van der Waals surface area (Å²) in [6.07, 6.45) is -0.897. The predicted molar refractivity (Wildman–Crippen MR) is 90.2 cm³/mol. The van der Waals surface area contributed by atoms with E-state index >= 15 is 0 Å². The number of alkyl halides is 2. The van der Waals surface area contributed by atoms with E-state index in [1.54, 1.807) is 0 Å². The number of H-pyrrole nitrogens is 1. The predicted octanol–water partition coefficient (Wildman–Crippen LogP) is 2.88. The molecule has 0 bridgehead atoms. The molecule has 1 unspecified atom stereocenters. The maximum Gasteiger partial charge on any atom is 0.387 e. The molecule has 0 saturated heterocycles. The van der Waals surface area contributed by atoms with E-state index in [2.05, 4.69) is 19.7 Å². The van der Waals surface area contributed by atoms with Crippen molar-refractivity contribution >= 4 is 21.8 Å². The van der Waals surface area contributed by atoms with Gasteiger partial charge in [0, 0.05) is 21.0 Å². The summed E-state index contributed by atoms with van der Waals surface area (Å²) < 4.78 is 113. The van der Waals surface area contributed by atoms with Crippen molar-refractivity contribution in [3.05, 3.63) is 36.1 Å². The quantitative estimate of drug-likeness (QED) is 0.667. The Morgan fingerprint density at radius 1 is 1.46 bits per heavy atom. The van der Waals surface area contributed by atoms with Crippen molar-refractivity contribution < 1.29 is 38.2 Å². The van der Waals surface area contributed by atoms with Crippen LogP contribution in [0.5, 0.6) is 17.2 Å². The molecule has 1 aromatic carbocycles. The molecule has 3 aromatic rings. The Balaban J connectivity index is 2.10. The third kappa shape index (κ3) is 3.74. The lowest BCUT2D eigenvalue weighted by atomic mass is 10.3. The zero-order valence-corrected chi connectivity index (χ0v) is 13.5. The molecule has 10 heteroatoms. The highest BCUT2D eigenvalue weighted by atomic mass is 32.2. The SMILES string of the molecule is [2H]COc1c(C([2H])([2H])S(=O)c2nc3ccc(OC(F)F)cc3[nH]2)nc([2H])c([2H])c1OC([2H])([2H])[2H]. The molecule has 0 amide bonds. The molecule has 0 spiro atoms. The first kappa shape index (κ1) is 10.4. The van der Waals surface area contributed by atoms with Gasteiger partial charge in [0.15, 0.2) is 16.7 Å². The Kier molecular flexibility index (Phi) is 3.06. The number of ether oxygens (including phenoxy) is 3. The van der Waals surface area contributed by atoms with Gasteiger partial charge in [-0.3, -0.25) is 9.19 Å². The van der Waals surface area contributed by atoms with E-state index in [1.807, 2.05) is 0 Å². The van der Waals surface area contributed by atoms with Gasteiger partial charge in [0.1, 0.15) is 5.75 Å². The summed E-state index contributed by atoms with van der Waals surface area (Å²) in [5.74, 6) is -1.88. The first-order chi connectivity index (χ1) is 15.7. The second kappa shape index (κ2) is 7.65. The topological polar surface area (TPSA) is 86.3 Å². The number of halogens is 2. The number of aromatic amines is 1. The molecule has 138 valence electrons. The number of nitrogens with one attached hydrogen (secondary N) is 1. The molecule has 1 atom stereocenters. The zero-order valence-electron chi connectivity index (χ0n) is 20.7. The van der Waals surface area contributed by atoms with Crippen molar-refractivity contribution in [3.8, 4) is 17.2 Å². The summed E-state index contributed by atoms with van der Waals surface area (Å²) in [6, 6.07) is 2.73. The van der Waals surface area contributed by atoms with Crippen LogP contribution in [0.2, 0.25) is 0 Å². The largest absolute Gasteiger partial charge is 0.493 e. The number of nitrogens with zero attached hydrogens (tertiary/aromatic N) is 2. The molecule has 1 N–H and O–H groups in total. The summed E-state index contributed by atoms with van der Waals surface area (Å²) in [5, 5.41) is -0.451. The summed E-state index contributed by atoms with van der Waals surface area (Å²) >= 11 is 0. The number of aromatic nitrogens is 3. The third-order valence-corrected chi connectivity index (χ3v) is 3.95. The van der Waals surface area contributed by atoms with Crippen molar-refractivity contribution in [2.45, 2.75) is 17.5 Å². The number of pyridine rings is 1. The number of methoxy groups -OCH3 is 2. The van der Waals surface area contributed by atoms with E-state index in [1.165, 1.54) is 12.1 Å². The second-order valence-electron chi connectivity index (χ2n) is 4.57. The minimum absolute atomic E-state index is 0.0991. The van der Waals surface area contributed by atoms with E-state index in [0.29, 0.717) is 0 Å². The Bertz CT molecular complexity index is 1240. The van der Waals surface area contributed by atoms with Crippen LogP contribution in [0, 0.1) is 0 Å². The number of hydrogen-bond acceptors (Lipinski definition) is 6. The number of fused-ring (bicyclic) bond motifs is 1. The summed E-state index contributed by atoms with van der Waals surface area (Å²) in [4.78, 5) is 10.1. The fourth-order valence-corrected chi connectivity index (χ4v) is 2.78. The van der Waals surface area contributed by atoms with E-state index in [9.17, 15) is 13.0 Å². The first-order valence-electron chi connectivity index (χ1n) is 10.9. The van der Waals surface area contributed by atoms with Crippen LogP contribution >= 0.6 is 0 Å². The highest BCUT2D eigenvalue weighted by Gasteiger charge is 2.17. The number of imidazole rings is 1. The molecular formula is C16H15F2N3O4S. The Labute approximate surface area is 161 Å². The molecule has 0 saturated carbocycles. The van der Waals surface area contributed by atoms with Gasteiger partial charge in [-0.25, -0.2) is 4.98 Å². The van der Waals surface area contributed by atoms with Gasteiger partial charge >= 0.3 is 6.61 Å². The molecule has 0 aliphatic heterocycles. The van der Waals surface area contributed by atoms with Crippen LogP contribution in [-0.2, 0) is 16.5 Å². The molecule has 0 radical (unpaired) electrons. The van der Waals surface area contributed by atoms with Crippen molar-refractivity contribution in [1.29, 1.82) is 0 Å². The molecule has 26 heavy (non-hydrogen) atoms. The highest BCUT2D eigenvalue weighted by Crippen LogP contribution is 2.30. The summed E-state index contributed by atoms with van der Waals surface area (Å²) in [5.41, 5.74) is -3.62. The normalized spacial score (nSPS) is 17.8. The maximum absolute atomic E-state index is 13.1. The fraction of sp³-hybridized carbons (Fsp3) is 0.250. The first-order valence-corrected chi connectivity index (χ1v) is 7.88. The Morgan fingerprint density at radius 2 is 2.35 bits per heavy atom. The van der Waals surface area contributed by atoms with Crippen molar-refractivity contribution in [3.63, 3.8) is 0 Å². The van der Waals surface area contributed by atoms with Gasteiger partial charge in [-0.2, -0.15) is 8.78 Å². The van der Waals surface area contributed by atoms with E-state index in [0.717, 1.165) is 6.07 Å². The van der Waals surface area contributed by atoms with Gasteiger partial charge in [0.25, 0.3) is 0 Å². The molecule has 0 aliphatic carbocycles. The fourth-order valence-electron chi connectivity index (χ4n) is 1.99. The van der Waals surface area contributed by atoms with Crippen molar-refractivity contribution in [2.24, 2.45) is 0 Å². The van der Waals surface area contributed by atoms with Gasteiger partial charge < -0.3 is 19.2 Å². The molecule has 2 aromatic heterocycles. The molecular weight excluding hydrogens is 368 g/mol. The van der Waals surface area contributed by atoms with E-state index < -0.39 is 71.8 Å². The minimum atomic E-state index is -3.12. The molecule has 3 rings (SSSR count). The lowest BCUT2D eigenvalue weighted by Gasteiger charge is -2.10. The standard InChI is InChI=1S/C16H15F2N3O4S/c1-23-13-5-6-19-12(14(13)24-2)8-26(22)16-20-10-4-3-9(25-15(17)18)7-11(10)21-16/h3-7,15H,8H2,1-2H3,(H,20,21)/i1D3,2D,5D,6D,8D2. The van der Waals surface area contributed by atoms with Crippen LogP contribution in [0.25, 0.3) is 11.0 Å². The summed E-state index contributed by atoms with van der Waals surface area (Å²) in [7, 11) is -6.72. The van der Waals surface area contributed by atoms with Gasteiger partial charge in [-0.1, -0.05) is 0 Å². The highest BCUT2D eigenvalue weighted by molar-refractivity contribution is 7.84. The second-order valence-corrected chi connectivity index (χ2v) is 5.70. The number of rotatable bonds is 7. The minimum Gasteiger partial charge on any atom is -0.493 e. The molecule has 7 nitrogen and oxygen atoms in total. The van der Waals surface area contributed by atoms with Crippen LogP contribution in [0.4, 0.5) is 8.78 Å². The average molecular weight is 391 g/mol. The van der Waals surface area contributed by atoms with Gasteiger partial charge in [-0.05, 0) is 12.1 Å². The number of benzene rings is 1. The monoisotopic (exact) mass is 391 g/mol. The van der Waals surface area contributed by atoms with Crippen LogP contribution in [0.3, 0.4) is 0 Å². The Hall–Kier alpha value is -2.75. The van der Waals surface area contributed by atoms with Gasteiger partial charge in [0.05, 0.1) is 55.6 Å². The number of hydrogen-bond donors (Lipinski definition) is 1. The van der Waals surface area contributed by atoms with Gasteiger partial charge in [0.2, 0.25) is 0 Å². The van der Waals surface area contributed by atoms with Crippen molar-refractivity contribution in [2.75, 3.05) is 14.1 Å². The van der Waals surface area contributed by atoms with Crippen LogP contribution in [0.1, 0.15) is 16.7 Å². The molecule has 0 fully saturated rings. The van der Waals surface area contributed by atoms with Crippen LogP contribution in [-0.4, -0.2) is 39.9 Å². The third-order valence-electron chi connectivity index (χ3n) is 3.03. The molecule has 2 heterocycles. The van der Waals surface area contributed by atoms with E-state index in [-0.39, 0.29) is 16.8 Å². The van der Waals surface area contributed by atoms with Crippen LogP contribution in [0.15, 0.2) is 35.6 Å². The lowest BCUT2D eigenvalue weighted by molar-refractivity contribution is -0.0497. The van der Waals surface area contributed by atoms with Gasteiger partial charge in [-0.15, -0.1) is 0 Å². The Morgan fingerprint density at radius 3 is 3.12 bits per heavy atom. The van der Waals surface area contributed by atoms with Crippen molar-refractivity contribution in [1.82, 2.24) is 15.0 Å². The summed E-state index contributed by atoms with van der Waals surface area (Å²) in [6.45, 7) is -3.09. The van der Waals surface area contributed by atoms with Crippen LogP contribution < -0.4 is 14.2 Å².